The van der Waals surface area contributed by atoms with Gasteiger partial charge in [-0.2, -0.15) is 0 Å². The highest BCUT2D eigenvalue weighted by Crippen LogP contribution is 2.23. The van der Waals surface area contributed by atoms with Crippen LogP contribution in [0.25, 0.3) is 0 Å². The van der Waals surface area contributed by atoms with E-state index in [1.807, 2.05) is 0 Å². The molecule has 0 aliphatic rings. The maximum Gasteiger partial charge on any atom is 0.241 e. The van der Waals surface area contributed by atoms with Crippen molar-refractivity contribution in [3.8, 4) is 0 Å². The van der Waals surface area contributed by atoms with Crippen LogP contribution in [0, 0.1) is 13.8 Å². The molecule has 0 atom stereocenters. The van der Waals surface area contributed by atoms with Crippen LogP contribution >= 0.6 is 0 Å². The van der Waals surface area contributed by atoms with E-state index in [4.69, 9.17) is 0 Å². The Bertz CT molecular complexity index is 559. The Balaban J connectivity index is 3.11. The van der Waals surface area contributed by atoms with Gasteiger partial charge in [0.2, 0.25) is 15.9 Å². The number of likely N-dealkylation sites (N-methyl/N-ethyl adjacent to an activating group) is 1. The van der Waals surface area contributed by atoms with Gasteiger partial charge in [0, 0.05) is 19.8 Å². The fourth-order valence-corrected chi connectivity index (χ4v) is 3.27. The van der Waals surface area contributed by atoms with Crippen LogP contribution in [-0.4, -0.2) is 35.0 Å². The van der Waals surface area contributed by atoms with Gasteiger partial charge in [-0.05, 0) is 37.1 Å². The minimum Gasteiger partial charge on any atom is -0.388 e. The second-order valence-corrected chi connectivity index (χ2v) is 5.89. The van der Waals surface area contributed by atoms with Gasteiger partial charge >= 0.3 is 0 Å². The van der Waals surface area contributed by atoms with Crippen LogP contribution in [0.2, 0.25) is 0 Å². The summed E-state index contributed by atoms with van der Waals surface area (Å²) < 4.78 is 26.6. The molecule has 0 fully saturated rings. The number of hydrogen-bond donors (Lipinski definition) is 3. The van der Waals surface area contributed by atoms with E-state index in [9.17, 15) is 13.2 Å². The van der Waals surface area contributed by atoms with Gasteiger partial charge in [-0.3, -0.25) is 4.79 Å². The lowest BCUT2D eigenvalue weighted by atomic mass is 10.1. The smallest absolute Gasteiger partial charge is 0.241 e. The summed E-state index contributed by atoms with van der Waals surface area (Å²) in [5.41, 5.74) is 2.11. The first kappa shape index (κ1) is 15.5. The minimum atomic E-state index is -3.69. The molecule has 0 radical (unpaired) electrons. The summed E-state index contributed by atoms with van der Waals surface area (Å²) in [6, 6.07) is 3.50. The van der Waals surface area contributed by atoms with Crippen LogP contribution in [0.5, 0.6) is 0 Å². The van der Waals surface area contributed by atoms with Gasteiger partial charge in [-0.25, -0.2) is 13.1 Å². The van der Waals surface area contributed by atoms with E-state index < -0.39 is 10.0 Å². The predicted octanol–water partition coefficient (Wildman–Crippen LogP) is 0.369. The van der Waals surface area contributed by atoms with E-state index in [1.54, 1.807) is 33.0 Å². The van der Waals surface area contributed by atoms with Gasteiger partial charge in [0.15, 0.2) is 0 Å². The first-order valence-corrected chi connectivity index (χ1v) is 7.29. The normalized spacial score (nSPS) is 11.2. The Hall–Kier alpha value is -1.60. The molecule has 1 amide bonds. The van der Waals surface area contributed by atoms with Gasteiger partial charge < -0.3 is 10.6 Å². The molecule has 0 saturated carbocycles. The molecule has 0 aliphatic heterocycles. The number of carbonyl (C=O) groups is 1. The standard InChI is InChI=1S/C12H19N3O3S/c1-8-5-10(13-3)6-9(2)12(8)19(17,18)15-7-11(16)14-4/h5-6,13,15H,7H2,1-4H3,(H,14,16). The molecule has 0 unspecified atom stereocenters. The summed E-state index contributed by atoms with van der Waals surface area (Å²) in [6.45, 7) is 3.18. The van der Waals surface area contributed by atoms with Crippen molar-refractivity contribution < 1.29 is 13.2 Å². The first-order valence-electron chi connectivity index (χ1n) is 5.81. The molecule has 0 saturated heterocycles. The highest BCUT2D eigenvalue weighted by atomic mass is 32.2. The average Bonchev–Trinajstić information content (AvgIpc) is 2.34. The minimum absolute atomic E-state index is 0.218. The van der Waals surface area contributed by atoms with Crippen molar-refractivity contribution in [2.24, 2.45) is 0 Å². The highest BCUT2D eigenvalue weighted by Gasteiger charge is 2.20. The third-order valence-electron chi connectivity index (χ3n) is 2.72. The highest BCUT2D eigenvalue weighted by molar-refractivity contribution is 7.89. The Morgan fingerprint density at radius 2 is 1.68 bits per heavy atom. The molecular weight excluding hydrogens is 266 g/mol. The molecule has 3 N–H and O–H groups in total. The molecule has 0 spiro atoms. The molecule has 106 valence electrons. The zero-order valence-corrected chi connectivity index (χ0v) is 12.3. The van der Waals surface area contributed by atoms with Crippen LogP contribution in [0.4, 0.5) is 5.69 Å². The summed E-state index contributed by atoms with van der Waals surface area (Å²) in [7, 11) is -0.467. The van der Waals surface area contributed by atoms with Crippen molar-refractivity contribution in [2.45, 2.75) is 18.7 Å². The fraction of sp³-hybridized carbons (Fsp3) is 0.417. The molecule has 0 aliphatic carbocycles. The molecular formula is C12H19N3O3S. The number of nitrogens with one attached hydrogen (secondary N) is 3. The molecule has 0 bridgehead atoms. The summed E-state index contributed by atoms with van der Waals surface area (Å²) in [5.74, 6) is -0.384. The quantitative estimate of drug-likeness (QED) is 0.729. The van der Waals surface area contributed by atoms with Gasteiger partial charge in [-0.1, -0.05) is 0 Å². The number of rotatable bonds is 5. The number of amides is 1. The molecule has 0 heterocycles. The summed E-state index contributed by atoms with van der Waals surface area (Å²) in [4.78, 5) is 11.3. The molecule has 7 heteroatoms. The van der Waals surface area contributed by atoms with Gasteiger partial charge in [0.25, 0.3) is 0 Å². The van der Waals surface area contributed by atoms with Crippen molar-refractivity contribution in [3.63, 3.8) is 0 Å². The Labute approximate surface area is 113 Å². The Kier molecular flexibility index (Phi) is 4.90. The number of hydrogen-bond acceptors (Lipinski definition) is 4. The summed E-state index contributed by atoms with van der Waals surface area (Å²) in [5, 5.41) is 5.33. The Morgan fingerprint density at radius 3 is 2.11 bits per heavy atom. The van der Waals surface area contributed by atoms with E-state index in [1.165, 1.54) is 7.05 Å². The summed E-state index contributed by atoms with van der Waals surface area (Å²) in [6.07, 6.45) is 0. The number of benzene rings is 1. The number of sulfonamides is 1. The van der Waals surface area contributed by atoms with Gasteiger partial charge in [0.05, 0.1) is 11.4 Å². The van der Waals surface area contributed by atoms with E-state index in [0.717, 1.165) is 5.69 Å². The van der Waals surface area contributed by atoms with E-state index in [0.29, 0.717) is 11.1 Å². The zero-order valence-electron chi connectivity index (χ0n) is 11.5. The maximum atomic E-state index is 12.2. The second-order valence-electron chi connectivity index (χ2n) is 4.19. The molecule has 1 aromatic carbocycles. The van der Waals surface area contributed by atoms with Crippen molar-refractivity contribution in [2.75, 3.05) is 26.0 Å². The number of anilines is 1. The summed E-state index contributed by atoms with van der Waals surface area (Å²) >= 11 is 0. The third-order valence-corrected chi connectivity index (χ3v) is 4.43. The number of aryl methyl sites for hydroxylation is 2. The van der Waals surface area contributed by atoms with Crippen molar-refractivity contribution in [1.82, 2.24) is 10.0 Å². The predicted molar refractivity (Wildman–Crippen MR) is 74.7 cm³/mol. The van der Waals surface area contributed by atoms with E-state index in [-0.39, 0.29) is 17.3 Å². The van der Waals surface area contributed by atoms with Crippen LogP contribution in [-0.2, 0) is 14.8 Å². The van der Waals surface area contributed by atoms with Crippen molar-refractivity contribution in [1.29, 1.82) is 0 Å². The van der Waals surface area contributed by atoms with E-state index >= 15 is 0 Å². The topological polar surface area (TPSA) is 87.3 Å². The van der Waals surface area contributed by atoms with Crippen LogP contribution in [0.3, 0.4) is 0 Å². The molecule has 6 nitrogen and oxygen atoms in total. The van der Waals surface area contributed by atoms with Crippen molar-refractivity contribution >= 4 is 21.6 Å². The van der Waals surface area contributed by atoms with Crippen LogP contribution < -0.4 is 15.4 Å². The second kappa shape index (κ2) is 6.03. The van der Waals surface area contributed by atoms with Gasteiger partial charge in [-0.15, -0.1) is 0 Å². The first-order chi connectivity index (χ1) is 8.81. The average molecular weight is 285 g/mol. The maximum absolute atomic E-state index is 12.2. The van der Waals surface area contributed by atoms with Crippen molar-refractivity contribution in [3.05, 3.63) is 23.3 Å². The lowest BCUT2D eigenvalue weighted by Crippen LogP contribution is -2.35. The van der Waals surface area contributed by atoms with E-state index in [2.05, 4.69) is 15.4 Å². The lowest BCUT2D eigenvalue weighted by Gasteiger charge is -2.13. The van der Waals surface area contributed by atoms with Crippen LogP contribution in [0.15, 0.2) is 17.0 Å². The largest absolute Gasteiger partial charge is 0.388 e. The van der Waals surface area contributed by atoms with Crippen LogP contribution in [0.1, 0.15) is 11.1 Å². The Morgan fingerprint density at radius 1 is 1.16 bits per heavy atom. The SMILES string of the molecule is CNC(=O)CNS(=O)(=O)c1c(C)cc(NC)cc1C. The monoisotopic (exact) mass is 285 g/mol. The molecule has 1 rings (SSSR count). The number of carbonyl (C=O) groups excluding carboxylic acids is 1. The lowest BCUT2D eigenvalue weighted by molar-refractivity contribution is -0.119. The molecule has 19 heavy (non-hydrogen) atoms. The third kappa shape index (κ3) is 3.68. The molecule has 0 aromatic heterocycles. The van der Waals surface area contributed by atoms with Gasteiger partial charge in [0.1, 0.15) is 0 Å². The fourth-order valence-electron chi connectivity index (χ4n) is 1.84. The molecule has 1 aromatic rings. The zero-order chi connectivity index (χ0) is 14.6.